The molecule has 1 aromatic carbocycles. The summed E-state index contributed by atoms with van der Waals surface area (Å²) in [6, 6.07) is 9.97. The predicted octanol–water partition coefficient (Wildman–Crippen LogP) is 3.24. The second-order valence-corrected chi connectivity index (χ2v) is 4.20. The standard InChI is InChI=1S/C14H15NO/c1-9-8-13(10(2)11(3)16)12-6-4-5-7-14(12)15-9/h4-8,10H,1-3H3. The lowest BCUT2D eigenvalue weighted by Gasteiger charge is -2.12. The highest BCUT2D eigenvalue weighted by Gasteiger charge is 2.14. The molecule has 1 heterocycles. The molecule has 16 heavy (non-hydrogen) atoms. The Kier molecular flexibility index (Phi) is 2.73. The second kappa shape index (κ2) is 4.05. The highest BCUT2D eigenvalue weighted by Crippen LogP contribution is 2.25. The third-order valence-corrected chi connectivity index (χ3v) is 2.95. The fraction of sp³-hybridized carbons (Fsp3) is 0.286. The van der Waals surface area contributed by atoms with Gasteiger partial charge in [0, 0.05) is 17.0 Å². The number of nitrogens with zero attached hydrogens (tertiary/aromatic N) is 1. The lowest BCUT2D eigenvalue weighted by atomic mass is 9.93. The molecule has 0 saturated heterocycles. The van der Waals surface area contributed by atoms with Gasteiger partial charge in [0.05, 0.1) is 5.52 Å². The van der Waals surface area contributed by atoms with Crippen molar-refractivity contribution in [3.63, 3.8) is 0 Å². The van der Waals surface area contributed by atoms with Gasteiger partial charge in [0.15, 0.2) is 0 Å². The molecule has 0 fully saturated rings. The molecule has 0 aliphatic rings. The minimum atomic E-state index is -0.0633. The predicted molar refractivity (Wildman–Crippen MR) is 65.6 cm³/mol. The minimum Gasteiger partial charge on any atom is -0.299 e. The Morgan fingerprint density at radius 2 is 2.00 bits per heavy atom. The van der Waals surface area contributed by atoms with Gasteiger partial charge in [0.1, 0.15) is 5.78 Å². The Balaban J connectivity index is 2.72. The molecule has 0 aliphatic carbocycles. The van der Waals surface area contributed by atoms with E-state index >= 15 is 0 Å². The number of benzene rings is 1. The van der Waals surface area contributed by atoms with Crippen molar-refractivity contribution in [3.05, 3.63) is 41.6 Å². The maximum atomic E-state index is 11.5. The third-order valence-electron chi connectivity index (χ3n) is 2.95. The average molecular weight is 213 g/mol. The molecule has 0 aliphatic heterocycles. The fourth-order valence-electron chi connectivity index (χ4n) is 1.92. The van der Waals surface area contributed by atoms with Crippen molar-refractivity contribution < 1.29 is 4.79 Å². The smallest absolute Gasteiger partial charge is 0.137 e. The van der Waals surface area contributed by atoms with Gasteiger partial charge in [-0.1, -0.05) is 25.1 Å². The number of aryl methyl sites for hydroxylation is 1. The van der Waals surface area contributed by atoms with Crippen LogP contribution in [-0.2, 0) is 4.79 Å². The number of Topliss-reactive ketones (excluding diaryl/α,β-unsaturated/α-hetero) is 1. The summed E-state index contributed by atoms with van der Waals surface area (Å²) < 4.78 is 0. The number of hydrogen-bond acceptors (Lipinski definition) is 2. The van der Waals surface area contributed by atoms with Crippen LogP contribution in [0, 0.1) is 6.92 Å². The lowest BCUT2D eigenvalue weighted by molar-refractivity contribution is -0.118. The number of fused-ring (bicyclic) bond motifs is 1. The van der Waals surface area contributed by atoms with Gasteiger partial charge in [-0.25, -0.2) is 0 Å². The largest absolute Gasteiger partial charge is 0.299 e. The quantitative estimate of drug-likeness (QED) is 0.766. The van der Waals surface area contributed by atoms with E-state index in [0.717, 1.165) is 22.2 Å². The highest BCUT2D eigenvalue weighted by atomic mass is 16.1. The molecule has 0 radical (unpaired) electrons. The second-order valence-electron chi connectivity index (χ2n) is 4.20. The molecule has 0 bridgehead atoms. The van der Waals surface area contributed by atoms with Crippen LogP contribution < -0.4 is 0 Å². The molecule has 0 spiro atoms. The Morgan fingerprint density at radius 3 is 2.69 bits per heavy atom. The number of carbonyl (C=O) groups excluding carboxylic acids is 1. The first kappa shape index (κ1) is 10.8. The number of rotatable bonds is 2. The van der Waals surface area contributed by atoms with E-state index in [9.17, 15) is 4.79 Å². The van der Waals surface area contributed by atoms with E-state index in [0.29, 0.717) is 0 Å². The van der Waals surface area contributed by atoms with Gasteiger partial charge in [0.2, 0.25) is 0 Å². The summed E-state index contributed by atoms with van der Waals surface area (Å²) in [5.41, 5.74) is 3.00. The van der Waals surface area contributed by atoms with Crippen molar-refractivity contribution in [2.24, 2.45) is 0 Å². The monoisotopic (exact) mass is 213 g/mol. The summed E-state index contributed by atoms with van der Waals surface area (Å²) >= 11 is 0. The number of aromatic nitrogens is 1. The minimum absolute atomic E-state index is 0.0633. The number of hydrogen-bond donors (Lipinski definition) is 0. The molecule has 1 unspecified atom stereocenters. The maximum absolute atomic E-state index is 11.5. The Hall–Kier alpha value is -1.70. The van der Waals surface area contributed by atoms with Crippen LogP contribution in [0.5, 0.6) is 0 Å². The van der Waals surface area contributed by atoms with Crippen LogP contribution in [0.3, 0.4) is 0 Å². The molecular formula is C14H15NO. The summed E-state index contributed by atoms with van der Waals surface area (Å²) in [6.45, 7) is 5.54. The lowest BCUT2D eigenvalue weighted by Crippen LogP contribution is -2.06. The Bertz CT molecular complexity index is 545. The van der Waals surface area contributed by atoms with Gasteiger partial charge in [-0.3, -0.25) is 9.78 Å². The molecule has 1 aromatic heterocycles. The molecule has 82 valence electrons. The summed E-state index contributed by atoms with van der Waals surface area (Å²) in [4.78, 5) is 15.9. The summed E-state index contributed by atoms with van der Waals surface area (Å²) in [5.74, 6) is 0.127. The molecule has 2 aromatic rings. The van der Waals surface area contributed by atoms with Gasteiger partial charge in [-0.05, 0) is 31.5 Å². The molecule has 0 N–H and O–H groups in total. The van der Waals surface area contributed by atoms with Crippen molar-refractivity contribution in [1.29, 1.82) is 0 Å². The molecular weight excluding hydrogens is 198 g/mol. The van der Waals surface area contributed by atoms with Crippen LogP contribution in [0.2, 0.25) is 0 Å². The van der Waals surface area contributed by atoms with E-state index in [1.807, 2.05) is 44.2 Å². The van der Waals surface area contributed by atoms with Crippen LogP contribution in [0.1, 0.15) is 31.0 Å². The third kappa shape index (κ3) is 1.83. The topological polar surface area (TPSA) is 30.0 Å². The zero-order valence-corrected chi connectivity index (χ0v) is 9.82. The van der Waals surface area contributed by atoms with Crippen LogP contribution >= 0.6 is 0 Å². The van der Waals surface area contributed by atoms with Crippen molar-refractivity contribution >= 4 is 16.7 Å². The van der Waals surface area contributed by atoms with E-state index in [-0.39, 0.29) is 11.7 Å². The van der Waals surface area contributed by atoms with E-state index in [4.69, 9.17) is 0 Å². The normalized spacial score (nSPS) is 12.7. The van der Waals surface area contributed by atoms with E-state index < -0.39 is 0 Å². The zero-order valence-electron chi connectivity index (χ0n) is 9.82. The van der Waals surface area contributed by atoms with Gasteiger partial charge in [0.25, 0.3) is 0 Å². The molecule has 0 saturated carbocycles. The molecule has 2 nitrogen and oxygen atoms in total. The first-order valence-electron chi connectivity index (χ1n) is 5.46. The SMILES string of the molecule is CC(=O)C(C)c1cc(C)nc2ccccc12. The van der Waals surface area contributed by atoms with Gasteiger partial charge >= 0.3 is 0 Å². The van der Waals surface area contributed by atoms with Crippen molar-refractivity contribution in [2.75, 3.05) is 0 Å². The van der Waals surface area contributed by atoms with Gasteiger partial charge in [-0.2, -0.15) is 0 Å². The molecule has 2 rings (SSSR count). The summed E-state index contributed by atoms with van der Waals surface area (Å²) in [6.07, 6.45) is 0. The average Bonchev–Trinajstić information content (AvgIpc) is 2.26. The van der Waals surface area contributed by atoms with Gasteiger partial charge in [-0.15, -0.1) is 0 Å². The Labute approximate surface area is 95.3 Å². The van der Waals surface area contributed by atoms with Crippen molar-refractivity contribution in [2.45, 2.75) is 26.7 Å². The number of para-hydroxylation sites is 1. The van der Waals surface area contributed by atoms with Crippen LogP contribution in [-0.4, -0.2) is 10.8 Å². The first-order valence-corrected chi connectivity index (χ1v) is 5.46. The summed E-state index contributed by atoms with van der Waals surface area (Å²) in [7, 11) is 0. The van der Waals surface area contributed by atoms with Crippen molar-refractivity contribution in [3.8, 4) is 0 Å². The number of ketones is 1. The van der Waals surface area contributed by atoms with Crippen LogP contribution in [0.25, 0.3) is 10.9 Å². The van der Waals surface area contributed by atoms with Crippen molar-refractivity contribution in [1.82, 2.24) is 4.98 Å². The fourth-order valence-corrected chi connectivity index (χ4v) is 1.92. The van der Waals surface area contributed by atoms with E-state index in [1.165, 1.54) is 0 Å². The maximum Gasteiger partial charge on any atom is 0.137 e. The number of pyridine rings is 1. The summed E-state index contributed by atoms with van der Waals surface area (Å²) in [5, 5.41) is 1.08. The first-order chi connectivity index (χ1) is 7.59. The van der Waals surface area contributed by atoms with E-state index in [2.05, 4.69) is 4.98 Å². The van der Waals surface area contributed by atoms with E-state index in [1.54, 1.807) is 6.92 Å². The van der Waals surface area contributed by atoms with Crippen LogP contribution in [0.15, 0.2) is 30.3 Å². The Morgan fingerprint density at radius 1 is 1.31 bits per heavy atom. The molecule has 1 atom stereocenters. The number of carbonyl (C=O) groups is 1. The zero-order chi connectivity index (χ0) is 11.7. The van der Waals surface area contributed by atoms with Gasteiger partial charge < -0.3 is 0 Å². The molecule has 0 amide bonds. The van der Waals surface area contributed by atoms with Crippen LogP contribution in [0.4, 0.5) is 0 Å². The highest BCUT2D eigenvalue weighted by molar-refractivity contribution is 5.91. The molecule has 2 heteroatoms.